The van der Waals surface area contributed by atoms with Crippen LogP contribution in [0.4, 0.5) is 5.69 Å². The maximum absolute atomic E-state index is 6.00. The zero-order valence-corrected chi connectivity index (χ0v) is 15.6. The molecule has 0 N–H and O–H groups in total. The average Bonchev–Trinajstić information content (AvgIpc) is 3.01. The summed E-state index contributed by atoms with van der Waals surface area (Å²) in [5, 5.41) is 0.779. The number of hydrogen-bond acceptors (Lipinski definition) is 2. The van der Waals surface area contributed by atoms with E-state index in [9.17, 15) is 0 Å². The first-order chi connectivity index (χ1) is 12.2. The number of benzene rings is 2. The van der Waals surface area contributed by atoms with Crippen molar-refractivity contribution in [3.05, 3.63) is 71.5 Å². The lowest BCUT2D eigenvalue weighted by molar-refractivity contribution is 0.621. The number of aryl methyl sites for hydroxylation is 1. The second-order valence-corrected chi connectivity index (χ2v) is 6.59. The quantitative estimate of drug-likeness (QED) is 0.564. The van der Waals surface area contributed by atoms with Crippen molar-refractivity contribution < 1.29 is 0 Å². The Kier molecular flexibility index (Phi) is 5.77. The number of rotatable bonds is 7. The number of anilines is 1. The van der Waals surface area contributed by atoms with Gasteiger partial charge in [0.1, 0.15) is 5.82 Å². The predicted molar refractivity (Wildman–Crippen MR) is 106 cm³/mol. The van der Waals surface area contributed by atoms with Crippen LogP contribution in [-0.2, 0) is 6.54 Å². The maximum atomic E-state index is 6.00. The molecule has 0 spiro atoms. The van der Waals surface area contributed by atoms with Crippen LogP contribution in [0.5, 0.6) is 0 Å². The van der Waals surface area contributed by atoms with E-state index >= 15 is 0 Å². The van der Waals surface area contributed by atoms with Gasteiger partial charge in [-0.15, -0.1) is 0 Å². The largest absolute Gasteiger partial charge is 0.372 e. The number of halogens is 1. The van der Waals surface area contributed by atoms with Crippen LogP contribution < -0.4 is 4.90 Å². The molecule has 25 heavy (non-hydrogen) atoms. The number of hydrogen-bond donors (Lipinski definition) is 0. The number of nitrogens with zero attached hydrogens (tertiary/aromatic N) is 3. The van der Waals surface area contributed by atoms with Crippen LogP contribution in [0, 0.1) is 6.92 Å². The van der Waals surface area contributed by atoms with E-state index in [1.54, 1.807) is 0 Å². The van der Waals surface area contributed by atoms with E-state index in [-0.39, 0.29) is 0 Å². The summed E-state index contributed by atoms with van der Waals surface area (Å²) in [6, 6.07) is 18.5. The fraction of sp³-hybridized carbons (Fsp3) is 0.286. The first-order valence-electron chi connectivity index (χ1n) is 8.77. The second-order valence-electron chi connectivity index (χ2n) is 6.15. The van der Waals surface area contributed by atoms with Gasteiger partial charge >= 0.3 is 0 Å². The topological polar surface area (TPSA) is 21.1 Å². The molecule has 3 rings (SSSR count). The second kappa shape index (κ2) is 8.21. The van der Waals surface area contributed by atoms with E-state index in [0.717, 1.165) is 36.9 Å². The van der Waals surface area contributed by atoms with E-state index in [4.69, 9.17) is 11.6 Å². The molecule has 130 valence electrons. The highest BCUT2D eigenvalue weighted by molar-refractivity contribution is 6.30. The molecule has 0 aliphatic heterocycles. The molecule has 0 atom stereocenters. The standard InChI is InChI=1S/C21H24ClN3/c1-3-24(20-12-10-19(22)11-13-20)14-7-15-25-17(2)16-23-21(25)18-8-5-4-6-9-18/h4-6,8-13,16H,3,7,14-15H2,1-2H3. The molecule has 0 bridgehead atoms. The molecule has 0 radical (unpaired) electrons. The van der Waals surface area contributed by atoms with Gasteiger partial charge in [-0.3, -0.25) is 0 Å². The minimum absolute atomic E-state index is 0.779. The van der Waals surface area contributed by atoms with Crippen molar-refractivity contribution in [1.29, 1.82) is 0 Å². The Morgan fingerprint density at radius 1 is 1.04 bits per heavy atom. The van der Waals surface area contributed by atoms with Gasteiger partial charge < -0.3 is 9.47 Å². The van der Waals surface area contributed by atoms with Crippen molar-refractivity contribution in [3.63, 3.8) is 0 Å². The van der Waals surface area contributed by atoms with Crippen LogP contribution in [0.2, 0.25) is 5.02 Å². The molecular formula is C21H24ClN3. The minimum Gasteiger partial charge on any atom is -0.372 e. The molecular weight excluding hydrogens is 330 g/mol. The SMILES string of the molecule is CCN(CCCn1c(C)cnc1-c1ccccc1)c1ccc(Cl)cc1. The van der Waals surface area contributed by atoms with Gasteiger partial charge in [0.05, 0.1) is 0 Å². The lowest BCUT2D eigenvalue weighted by Crippen LogP contribution is -2.25. The van der Waals surface area contributed by atoms with Gasteiger partial charge in [0, 0.05) is 47.8 Å². The Balaban J connectivity index is 1.67. The highest BCUT2D eigenvalue weighted by Crippen LogP contribution is 2.21. The van der Waals surface area contributed by atoms with Crippen molar-refractivity contribution >= 4 is 17.3 Å². The molecule has 3 aromatic rings. The van der Waals surface area contributed by atoms with E-state index in [2.05, 4.69) is 64.7 Å². The van der Waals surface area contributed by atoms with E-state index in [0.29, 0.717) is 0 Å². The molecule has 0 saturated heterocycles. The fourth-order valence-electron chi connectivity index (χ4n) is 3.10. The third-order valence-corrected chi connectivity index (χ3v) is 4.72. The first-order valence-corrected chi connectivity index (χ1v) is 9.15. The number of imidazole rings is 1. The minimum atomic E-state index is 0.779. The Morgan fingerprint density at radius 2 is 1.76 bits per heavy atom. The Morgan fingerprint density at radius 3 is 2.44 bits per heavy atom. The zero-order chi connectivity index (χ0) is 17.6. The van der Waals surface area contributed by atoms with Crippen LogP contribution in [-0.4, -0.2) is 22.6 Å². The van der Waals surface area contributed by atoms with Crippen LogP contribution >= 0.6 is 11.6 Å². The zero-order valence-electron chi connectivity index (χ0n) is 14.8. The molecule has 0 amide bonds. The molecule has 2 aromatic carbocycles. The molecule has 0 saturated carbocycles. The first kappa shape index (κ1) is 17.6. The summed E-state index contributed by atoms with van der Waals surface area (Å²) in [7, 11) is 0. The molecule has 0 aliphatic rings. The predicted octanol–water partition coefficient (Wildman–Crippen LogP) is 5.43. The summed E-state index contributed by atoms with van der Waals surface area (Å²) in [4.78, 5) is 6.99. The fourth-order valence-corrected chi connectivity index (χ4v) is 3.23. The van der Waals surface area contributed by atoms with Crippen molar-refractivity contribution in [1.82, 2.24) is 9.55 Å². The highest BCUT2D eigenvalue weighted by Gasteiger charge is 2.10. The van der Waals surface area contributed by atoms with E-state index in [1.165, 1.54) is 16.9 Å². The molecule has 0 fully saturated rings. The molecule has 0 aliphatic carbocycles. The average molecular weight is 354 g/mol. The third kappa shape index (κ3) is 4.23. The summed E-state index contributed by atoms with van der Waals surface area (Å²) < 4.78 is 2.31. The van der Waals surface area contributed by atoms with Gasteiger partial charge in [-0.2, -0.15) is 0 Å². The Labute approximate surface area is 154 Å². The van der Waals surface area contributed by atoms with Crippen LogP contribution in [0.3, 0.4) is 0 Å². The molecule has 1 aromatic heterocycles. The lowest BCUT2D eigenvalue weighted by Gasteiger charge is -2.23. The van der Waals surface area contributed by atoms with Crippen LogP contribution in [0.1, 0.15) is 19.0 Å². The summed E-state index contributed by atoms with van der Waals surface area (Å²) in [5.41, 5.74) is 3.59. The molecule has 1 heterocycles. The van der Waals surface area contributed by atoms with Gasteiger partial charge in [0.25, 0.3) is 0 Å². The van der Waals surface area contributed by atoms with Crippen molar-refractivity contribution in [3.8, 4) is 11.4 Å². The molecule has 0 unspecified atom stereocenters. The third-order valence-electron chi connectivity index (χ3n) is 4.47. The Bertz CT molecular complexity index is 794. The molecule has 4 heteroatoms. The number of aromatic nitrogens is 2. The highest BCUT2D eigenvalue weighted by atomic mass is 35.5. The summed E-state index contributed by atoms with van der Waals surface area (Å²) in [5.74, 6) is 1.05. The maximum Gasteiger partial charge on any atom is 0.140 e. The Hall–Kier alpha value is -2.26. The summed E-state index contributed by atoms with van der Waals surface area (Å²) >= 11 is 6.00. The van der Waals surface area contributed by atoms with Gasteiger partial charge in [0.2, 0.25) is 0 Å². The van der Waals surface area contributed by atoms with Gasteiger partial charge in [0.15, 0.2) is 0 Å². The van der Waals surface area contributed by atoms with Gasteiger partial charge in [-0.1, -0.05) is 41.9 Å². The normalized spacial score (nSPS) is 10.8. The van der Waals surface area contributed by atoms with Crippen LogP contribution in [0.15, 0.2) is 60.8 Å². The van der Waals surface area contributed by atoms with E-state index in [1.807, 2.05) is 24.4 Å². The van der Waals surface area contributed by atoms with Crippen molar-refractivity contribution in [2.24, 2.45) is 0 Å². The van der Waals surface area contributed by atoms with Gasteiger partial charge in [-0.25, -0.2) is 4.98 Å². The van der Waals surface area contributed by atoms with Crippen LogP contribution in [0.25, 0.3) is 11.4 Å². The smallest absolute Gasteiger partial charge is 0.140 e. The van der Waals surface area contributed by atoms with Crippen molar-refractivity contribution in [2.75, 3.05) is 18.0 Å². The van der Waals surface area contributed by atoms with E-state index < -0.39 is 0 Å². The monoisotopic (exact) mass is 353 g/mol. The van der Waals surface area contributed by atoms with Gasteiger partial charge in [-0.05, 0) is 44.5 Å². The lowest BCUT2D eigenvalue weighted by atomic mass is 10.2. The summed E-state index contributed by atoms with van der Waals surface area (Å²) in [6.45, 7) is 7.25. The summed E-state index contributed by atoms with van der Waals surface area (Å²) in [6.07, 6.45) is 3.02. The molecule has 3 nitrogen and oxygen atoms in total. The van der Waals surface area contributed by atoms with Crippen molar-refractivity contribution in [2.45, 2.75) is 26.8 Å².